The van der Waals surface area contributed by atoms with E-state index < -0.39 is 5.97 Å². The number of halogens is 2. The van der Waals surface area contributed by atoms with E-state index in [1.807, 2.05) is 18.2 Å². The Balaban J connectivity index is 2.51. The Hall–Kier alpha value is -1.84. The third-order valence-corrected chi connectivity index (χ3v) is 2.95. The Bertz CT molecular complexity index is 634. The molecule has 3 nitrogen and oxygen atoms in total. The van der Waals surface area contributed by atoms with Gasteiger partial charge in [-0.1, -0.05) is 53.5 Å². The molecule has 0 radical (unpaired) electrons. The van der Waals surface area contributed by atoms with E-state index in [1.165, 1.54) is 7.11 Å². The van der Waals surface area contributed by atoms with Crippen LogP contribution in [0, 0.1) is 0 Å². The lowest BCUT2D eigenvalue weighted by Gasteiger charge is -2.05. The Kier molecular flexibility index (Phi) is 4.77. The van der Waals surface area contributed by atoms with Gasteiger partial charge in [0.2, 0.25) is 0 Å². The summed E-state index contributed by atoms with van der Waals surface area (Å²) in [5.74, 6) is -0.521. The zero-order valence-corrected chi connectivity index (χ0v) is 12.2. The van der Waals surface area contributed by atoms with Crippen LogP contribution in [0.4, 0.5) is 5.69 Å². The highest BCUT2D eigenvalue weighted by Gasteiger charge is 2.14. The van der Waals surface area contributed by atoms with Gasteiger partial charge in [-0.3, -0.25) is 0 Å². The molecule has 0 fully saturated rings. The van der Waals surface area contributed by atoms with Crippen molar-refractivity contribution in [3.63, 3.8) is 0 Å². The molecule has 0 saturated heterocycles. The van der Waals surface area contributed by atoms with Crippen molar-refractivity contribution in [2.45, 2.75) is 0 Å². The number of ether oxygens (including phenoxy) is 1. The Morgan fingerprint density at radius 3 is 2.20 bits per heavy atom. The van der Waals surface area contributed by atoms with E-state index >= 15 is 0 Å². The van der Waals surface area contributed by atoms with E-state index in [4.69, 9.17) is 27.9 Å². The molecule has 0 bridgehead atoms. The van der Waals surface area contributed by atoms with Gasteiger partial charge in [0, 0.05) is 15.6 Å². The highest BCUT2D eigenvalue weighted by Crippen LogP contribution is 2.25. The second-order valence-corrected chi connectivity index (χ2v) is 4.82. The molecule has 0 aliphatic heterocycles. The van der Waals surface area contributed by atoms with Crippen molar-refractivity contribution in [1.29, 1.82) is 0 Å². The van der Waals surface area contributed by atoms with Crippen LogP contribution >= 0.6 is 23.2 Å². The molecule has 0 spiro atoms. The minimum Gasteiger partial charge on any atom is -0.464 e. The van der Waals surface area contributed by atoms with Gasteiger partial charge in [-0.2, -0.15) is 0 Å². The van der Waals surface area contributed by atoms with Crippen LogP contribution in [0.15, 0.2) is 53.5 Å². The second kappa shape index (κ2) is 6.55. The maximum Gasteiger partial charge on any atom is 0.357 e. The zero-order valence-electron chi connectivity index (χ0n) is 10.6. The van der Waals surface area contributed by atoms with E-state index in [-0.39, 0.29) is 5.71 Å². The van der Waals surface area contributed by atoms with E-state index in [1.54, 1.807) is 30.3 Å². The lowest BCUT2D eigenvalue weighted by Crippen LogP contribution is -2.16. The maximum atomic E-state index is 11.9. The van der Waals surface area contributed by atoms with Crippen molar-refractivity contribution < 1.29 is 9.53 Å². The summed E-state index contributed by atoms with van der Waals surface area (Å²) in [7, 11) is 1.31. The number of esters is 1. The summed E-state index contributed by atoms with van der Waals surface area (Å²) in [6.07, 6.45) is 0. The molecule has 2 aromatic rings. The SMILES string of the molecule is COC(=O)C(=Nc1cc(Cl)cc(Cl)c1)c1ccccc1. The van der Waals surface area contributed by atoms with Crippen molar-refractivity contribution in [2.24, 2.45) is 4.99 Å². The molecule has 0 heterocycles. The number of hydrogen-bond acceptors (Lipinski definition) is 3. The van der Waals surface area contributed by atoms with Crippen LogP contribution in [-0.4, -0.2) is 18.8 Å². The van der Waals surface area contributed by atoms with Crippen molar-refractivity contribution >= 4 is 40.6 Å². The van der Waals surface area contributed by atoms with Crippen molar-refractivity contribution in [2.75, 3.05) is 7.11 Å². The van der Waals surface area contributed by atoms with E-state index in [2.05, 4.69) is 4.99 Å². The highest BCUT2D eigenvalue weighted by molar-refractivity contribution is 6.43. The summed E-state index contributed by atoms with van der Waals surface area (Å²) < 4.78 is 4.76. The molecule has 0 N–H and O–H groups in total. The number of rotatable bonds is 3. The molecule has 0 amide bonds. The zero-order chi connectivity index (χ0) is 14.5. The van der Waals surface area contributed by atoms with E-state index in [9.17, 15) is 4.79 Å². The molecule has 0 aliphatic carbocycles. The monoisotopic (exact) mass is 307 g/mol. The maximum absolute atomic E-state index is 11.9. The number of carbonyl (C=O) groups excluding carboxylic acids is 1. The Morgan fingerprint density at radius 2 is 1.65 bits per heavy atom. The Morgan fingerprint density at radius 1 is 1.05 bits per heavy atom. The molecule has 20 heavy (non-hydrogen) atoms. The van der Waals surface area contributed by atoms with Gasteiger partial charge >= 0.3 is 5.97 Å². The molecular weight excluding hydrogens is 297 g/mol. The van der Waals surface area contributed by atoms with Gasteiger partial charge in [0.1, 0.15) is 0 Å². The summed E-state index contributed by atoms with van der Waals surface area (Å²) in [6.45, 7) is 0. The van der Waals surface area contributed by atoms with Gasteiger partial charge in [0.25, 0.3) is 0 Å². The Labute approximate surface area is 126 Å². The highest BCUT2D eigenvalue weighted by atomic mass is 35.5. The van der Waals surface area contributed by atoms with Gasteiger partial charge in [-0.25, -0.2) is 9.79 Å². The van der Waals surface area contributed by atoms with E-state index in [0.29, 0.717) is 21.3 Å². The van der Waals surface area contributed by atoms with Crippen LogP contribution in [0.3, 0.4) is 0 Å². The number of aliphatic imine (C=N–C) groups is 1. The number of nitrogens with zero attached hydrogens (tertiary/aromatic N) is 1. The van der Waals surface area contributed by atoms with Gasteiger partial charge in [0.15, 0.2) is 5.71 Å². The predicted octanol–water partition coefficient (Wildman–Crippen LogP) is 4.29. The summed E-state index contributed by atoms with van der Waals surface area (Å²) in [5.41, 5.74) is 1.36. The molecule has 5 heteroatoms. The van der Waals surface area contributed by atoms with Gasteiger partial charge in [-0.15, -0.1) is 0 Å². The molecular formula is C15H11Cl2NO2. The third-order valence-electron chi connectivity index (χ3n) is 2.51. The largest absolute Gasteiger partial charge is 0.464 e. The average molecular weight is 308 g/mol. The first-order chi connectivity index (χ1) is 9.60. The first-order valence-electron chi connectivity index (χ1n) is 5.78. The van der Waals surface area contributed by atoms with Crippen molar-refractivity contribution in [1.82, 2.24) is 0 Å². The number of carbonyl (C=O) groups is 1. The topological polar surface area (TPSA) is 38.7 Å². The first kappa shape index (κ1) is 14.6. The summed E-state index contributed by atoms with van der Waals surface area (Å²) >= 11 is 11.8. The van der Waals surface area contributed by atoms with Crippen LogP contribution in [0.2, 0.25) is 10.0 Å². The molecule has 102 valence electrons. The summed E-state index contributed by atoms with van der Waals surface area (Å²) in [6, 6.07) is 13.9. The lowest BCUT2D eigenvalue weighted by atomic mass is 10.1. The smallest absolute Gasteiger partial charge is 0.357 e. The lowest BCUT2D eigenvalue weighted by molar-refractivity contribution is -0.132. The van der Waals surface area contributed by atoms with Gasteiger partial charge in [-0.05, 0) is 18.2 Å². The second-order valence-electron chi connectivity index (χ2n) is 3.95. The van der Waals surface area contributed by atoms with Crippen LogP contribution in [-0.2, 0) is 9.53 Å². The van der Waals surface area contributed by atoms with Crippen LogP contribution in [0.5, 0.6) is 0 Å². The first-order valence-corrected chi connectivity index (χ1v) is 6.54. The molecule has 0 saturated carbocycles. The number of benzene rings is 2. The molecule has 0 aliphatic rings. The molecule has 0 unspecified atom stereocenters. The summed E-state index contributed by atoms with van der Waals surface area (Å²) in [5, 5.41) is 0.905. The molecule has 2 rings (SSSR count). The van der Waals surface area contributed by atoms with Crippen LogP contribution in [0.25, 0.3) is 0 Å². The quantitative estimate of drug-likeness (QED) is 0.627. The van der Waals surface area contributed by atoms with Crippen LogP contribution < -0.4 is 0 Å². The fraction of sp³-hybridized carbons (Fsp3) is 0.0667. The minimum atomic E-state index is -0.521. The van der Waals surface area contributed by atoms with Crippen molar-refractivity contribution in [3.8, 4) is 0 Å². The number of methoxy groups -OCH3 is 1. The third kappa shape index (κ3) is 3.59. The molecule has 0 atom stereocenters. The summed E-state index contributed by atoms with van der Waals surface area (Å²) in [4.78, 5) is 16.2. The van der Waals surface area contributed by atoms with Crippen LogP contribution in [0.1, 0.15) is 5.56 Å². The average Bonchev–Trinajstić information content (AvgIpc) is 2.44. The fourth-order valence-corrected chi connectivity index (χ4v) is 2.17. The standard InChI is InChI=1S/C15H11Cl2NO2/c1-20-15(19)14(10-5-3-2-4-6-10)18-13-8-11(16)7-12(17)9-13/h2-9H,1H3. The molecule has 2 aromatic carbocycles. The van der Waals surface area contributed by atoms with Crippen molar-refractivity contribution in [3.05, 3.63) is 64.1 Å². The number of hydrogen-bond donors (Lipinski definition) is 0. The predicted molar refractivity (Wildman–Crippen MR) is 81.1 cm³/mol. The van der Waals surface area contributed by atoms with Gasteiger partial charge in [0.05, 0.1) is 12.8 Å². The minimum absolute atomic E-state index is 0.200. The molecule has 0 aromatic heterocycles. The van der Waals surface area contributed by atoms with E-state index in [0.717, 1.165) is 0 Å². The van der Waals surface area contributed by atoms with Gasteiger partial charge < -0.3 is 4.74 Å². The normalized spacial score (nSPS) is 11.2. The fourth-order valence-electron chi connectivity index (χ4n) is 1.65.